The smallest absolute Gasteiger partial charge is 0.416 e. The highest BCUT2D eigenvalue weighted by molar-refractivity contribution is 7.91. The van der Waals surface area contributed by atoms with E-state index in [0.29, 0.717) is 16.0 Å². The van der Waals surface area contributed by atoms with E-state index in [0.717, 1.165) is 34.4 Å². The van der Waals surface area contributed by atoms with Gasteiger partial charge in [-0.1, -0.05) is 37.0 Å². The Morgan fingerprint density at radius 3 is 2.42 bits per heavy atom. The number of nitrogens with one attached hydrogen (secondary N) is 2. The Balaban J connectivity index is 1.53. The van der Waals surface area contributed by atoms with E-state index >= 15 is 0 Å². The maximum absolute atomic E-state index is 13.0. The van der Waals surface area contributed by atoms with Crippen LogP contribution < -0.4 is 4.72 Å². The number of carboxylic acids is 1. The SMILES string of the molecule is C[C@H](c1c[nH]c2ccccc12)[C@@H](NS(=O)(=O)c1ccc(C#Cc2ccc(C(F)(F)F)cc2)s1)C(=O)O. The second-order valence-electron chi connectivity index (χ2n) is 7.96. The van der Waals surface area contributed by atoms with Gasteiger partial charge in [0.15, 0.2) is 0 Å². The van der Waals surface area contributed by atoms with Crippen LogP contribution in [0, 0.1) is 11.8 Å². The first-order valence-corrected chi connectivity index (χ1v) is 12.9. The molecule has 2 atom stereocenters. The third-order valence-electron chi connectivity index (χ3n) is 5.55. The van der Waals surface area contributed by atoms with Crippen molar-refractivity contribution in [3.05, 3.63) is 88.4 Å². The number of aromatic nitrogens is 1. The van der Waals surface area contributed by atoms with E-state index in [4.69, 9.17) is 0 Å². The van der Waals surface area contributed by atoms with Gasteiger partial charge < -0.3 is 10.1 Å². The quantitative estimate of drug-likeness (QED) is 0.298. The summed E-state index contributed by atoms with van der Waals surface area (Å²) in [6.45, 7) is 1.63. The zero-order chi connectivity index (χ0) is 26.1. The molecule has 4 rings (SSSR count). The van der Waals surface area contributed by atoms with Gasteiger partial charge in [-0.25, -0.2) is 8.42 Å². The molecule has 0 spiro atoms. The van der Waals surface area contributed by atoms with Crippen LogP contribution in [-0.4, -0.2) is 30.5 Å². The second-order valence-corrected chi connectivity index (χ2v) is 11.0. The Hall–Kier alpha value is -3.59. The van der Waals surface area contributed by atoms with E-state index in [1.54, 1.807) is 13.1 Å². The summed E-state index contributed by atoms with van der Waals surface area (Å²) in [4.78, 5) is 15.4. The van der Waals surface area contributed by atoms with E-state index in [1.165, 1.54) is 24.3 Å². The molecule has 2 aromatic heterocycles. The minimum atomic E-state index is -4.45. The molecule has 0 saturated carbocycles. The number of alkyl halides is 3. The van der Waals surface area contributed by atoms with Crippen LogP contribution in [0.3, 0.4) is 0 Å². The molecule has 0 unspecified atom stereocenters. The van der Waals surface area contributed by atoms with Crippen LogP contribution in [0.2, 0.25) is 0 Å². The number of hydrogen-bond donors (Lipinski definition) is 3. The molecule has 6 nitrogen and oxygen atoms in total. The number of aliphatic carboxylic acids is 1. The van der Waals surface area contributed by atoms with Crippen LogP contribution in [-0.2, 0) is 21.0 Å². The highest BCUT2D eigenvalue weighted by Crippen LogP contribution is 2.30. The van der Waals surface area contributed by atoms with Gasteiger partial charge in [0.25, 0.3) is 10.0 Å². The number of hydrogen-bond acceptors (Lipinski definition) is 4. The van der Waals surface area contributed by atoms with Crippen molar-refractivity contribution in [1.29, 1.82) is 0 Å². The molecule has 0 aliphatic rings. The first-order valence-electron chi connectivity index (χ1n) is 10.6. The van der Waals surface area contributed by atoms with Gasteiger partial charge in [-0.2, -0.15) is 17.9 Å². The van der Waals surface area contributed by atoms with Crippen molar-refractivity contribution in [2.45, 2.75) is 29.3 Å². The third-order valence-corrected chi connectivity index (χ3v) is 8.48. The summed E-state index contributed by atoms with van der Waals surface area (Å²) in [6, 6.07) is 12.9. The average molecular weight is 533 g/mol. The molecular formula is C25H19F3N2O4S2. The molecule has 0 aliphatic heterocycles. The molecule has 4 aromatic rings. The molecule has 0 bridgehead atoms. The maximum Gasteiger partial charge on any atom is 0.416 e. The first-order chi connectivity index (χ1) is 17.0. The molecule has 186 valence electrons. The van der Waals surface area contributed by atoms with Crippen LogP contribution in [0.15, 0.2) is 71.1 Å². The van der Waals surface area contributed by atoms with Crippen LogP contribution >= 0.6 is 11.3 Å². The fourth-order valence-electron chi connectivity index (χ4n) is 3.65. The van der Waals surface area contributed by atoms with E-state index in [2.05, 4.69) is 21.5 Å². The first kappa shape index (κ1) is 25.5. The number of carbonyl (C=O) groups is 1. The summed E-state index contributed by atoms with van der Waals surface area (Å²) in [5, 5.41) is 10.6. The molecule has 11 heteroatoms. The third kappa shape index (κ3) is 5.46. The van der Waals surface area contributed by atoms with Gasteiger partial charge in [-0.3, -0.25) is 4.79 Å². The van der Waals surface area contributed by atoms with Crippen LogP contribution in [0.5, 0.6) is 0 Å². The number of fused-ring (bicyclic) bond motifs is 1. The number of H-pyrrole nitrogens is 1. The fourth-order valence-corrected chi connectivity index (χ4v) is 6.10. The number of sulfonamides is 1. The summed E-state index contributed by atoms with van der Waals surface area (Å²) in [7, 11) is -4.19. The van der Waals surface area contributed by atoms with Gasteiger partial charge in [-0.15, -0.1) is 11.3 Å². The lowest BCUT2D eigenvalue weighted by Gasteiger charge is -2.21. The summed E-state index contributed by atoms with van der Waals surface area (Å²) in [6.07, 6.45) is -2.78. The molecule has 2 heterocycles. The lowest BCUT2D eigenvalue weighted by molar-refractivity contribution is -0.139. The molecule has 3 N–H and O–H groups in total. The van der Waals surface area contributed by atoms with Gasteiger partial charge in [0.1, 0.15) is 10.3 Å². The molecule has 0 amide bonds. The summed E-state index contributed by atoms with van der Waals surface area (Å²) >= 11 is 0.829. The lowest BCUT2D eigenvalue weighted by atomic mass is 9.93. The Morgan fingerprint density at radius 2 is 1.75 bits per heavy atom. The number of benzene rings is 2. The van der Waals surface area contributed by atoms with E-state index in [1.807, 2.05) is 24.3 Å². The highest BCUT2D eigenvalue weighted by Gasteiger charge is 2.33. The van der Waals surface area contributed by atoms with Gasteiger partial charge in [0, 0.05) is 28.6 Å². The van der Waals surface area contributed by atoms with E-state index in [-0.39, 0.29) is 4.21 Å². The normalized spacial score (nSPS) is 13.7. The largest absolute Gasteiger partial charge is 0.480 e. The number of thiophene rings is 1. The standard InChI is InChI=1S/C25H19F3N2O4S2/c1-15(20-14-29-21-5-3-2-4-19(20)21)23(24(31)32)30-36(33,34)22-13-12-18(35-22)11-8-16-6-9-17(10-7-16)25(26,27)28/h2-7,9-10,12-15,23,29-30H,1H3,(H,31,32)/t15-,23-/m1/s1. The highest BCUT2D eigenvalue weighted by atomic mass is 32.2. The van der Waals surface area contributed by atoms with Crippen molar-refractivity contribution in [2.75, 3.05) is 0 Å². The lowest BCUT2D eigenvalue weighted by Crippen LogP contribution is -2.43. The average Bonchev–Trinajstić information content (AvgIpc) is 3.48. The number of aromatic amines is 1. The van der Waals surface area contributed by atoms with Gasteiger partial charge >= 0.3 is 12.1 Å². The van der Waals surface area contributed by atoms with Crippen molar-refractivity contribution in [1.82, 2.24) is 9.71 Å². The van der Waals surface area contributed by atoms with E-state index in [9.17, 15) is 31.5 Å². The number of rotatable bonds is 6. The molecule has 0 aliphatic carbocycles. The van der Waals surface area contributed by atoms with Crippen molar-refractivity contribution < 1.29 is 31.5 Å². The van der Waals surface area contributed by atoms with Crippen molar-refractivity contribution >= 4 is 38.2 Å². The maximum atomic E-state index is 13.0. The van der Waals surface area contributed by atoms with Crippen LogP contribution in [0.1, 0.15) is 34.4 Å². The predicted molar refractivity (Wildman–Crippen MR) is 130 cm³/mol. The van der Waals surface area contributed by atoms with Crippen molar-refractivity contribution in [3.8, 4) is 11.8 Å². The fraction of sp³-hybridized carbons (Fsp3) is 0.160. The molecule has 2 aromatic carbocycles. The van der Waals surface area contributed by atoms with E-state index < -0.39 is 39.7 Å². The number of halogens is 3. The molecule has 0 saturated heterocycles. The Bertz CT molecular complexity index is 1580. The summed E-state index contributed by atoms with van der Waals surface area (Å²) in [5.74, 6) is 3.41. The van der Waals surface area contributed by atoms with Crippen LogP contribution in [0.4, 0.5) is 13.2 Å². The zero-order valence-corrected chi connectivity index (χ0v) is 20.3. The summed E-state index contributed by atoms with van der Waals surface area (Å²) < 4.78 is 66.2. The van der Waals surface area contributed by atoms with Gasteiger partial charge in [-0.05, 0) is 48.0 Å². The minimum absolute atomic E-state index is 0.128. The predicted octanol–water partition coefficient (Wildman–Crippen LogP) is 5.18. The zero-order valence-electron chi connectivity index (χ0n) is 18.6. The molecule has 36 heavy (non-hydrogen) atoms. The number of carboxylic acid groups (broad SMARTS) is 1. The molecular weight excluding hydrogens is 513 g/mol. The van der Waals surface area contributed by atoms with Gasteiger partial charge in [0.2, 0.25) is 0 Å². The van der Waals surface area contributed by atoms with Crippen LogP contribution in [0.25, 0.3) is 10.9 Å². The molecule has 0 fully saturated rings. The van der Waals surface area contributed by atoms with Crippen molar-refractivity contribution in [2.24, 2.45) is 0 Å². The number of para-hydroxylation sites is 1. The molecule has 0 radical (unpaired) electrons. The monoisotopic (exact) mass is 532 g/mol. The minimum Gasteiger partial charge on any atom is -0.480 e. The summed E-state index contributed by atoms with van der Waals surface area (Å²) in [5.41, 5.74) is 1.01. The van der Waals surface area contributed by atoms with Gasteiger partial charge in [0.05, 0.1) is 10.4 Å². The second kappa shape index (κ2) is 9.81. The Labute approximate surface area is 208 Å². The topological polar surface area (TPSA) is 99.3 Å². The Kier molecular flexibility index (Phi) is 6.95. The van der Waals surface area contributed by atoms with Crippen molar-refractivity contribution in [3.63, 3.8) is 0 Å². The Morgan fingerprint density at radius 1 is 1.06 bits per heavy atom.